The normalized spacial score (nSPS) is 10.4. The van der Waals surface area contributed by atoms with Crippen molar-refractivity contribution in [2.45, 2.75) is 0 Å². The zero-order valence-corrected chi connectivity index (χ0v) is 7.86. The molecular formula is C12H10O2. The summed E-state index contributed by atoms with van der Waals surface area (Å²) in [6, 6.07) is 7.22. The summed E-state index contributed by atoms with van der Waals surface area (Å²) in [5, 5.41) is 0. The Labute approximate surface area is 83.2 Å². The third kappa shape index (κ3) is 2.24. The zero-order valence-electron chi connectivity index (χ0n) is 7.86. The van der Waals surface area contributed by atoms with Crippen molar-refractivity contribution < 1.29 is 9.53 Å². The molecule has 0 unspecified atom stereocenters. The van der Waals surface area contributed by atoms with Gasteiger partial charge in [0.05, 0.1) is 7.11 Å². The van der Waals surface area contributed by atoms with E-state index in [1.54, 1.807) is 19.2 Å². The van der Waals surface area contributed by atoms with Crippen molar-refractivity contribution in [3.05, 3.63) is 35.9 Å². The first-order chi connectivity index (χ1) is 6.81. The summed E-state index contributed by atoms with van der Waals surface area (Å²) in [7, 11) is 1.60. The van der Waals surface area contributed by atoms with Gasteiger partial charge >= 0.3 is 0 Å². The molecule has 0 radical (unpaired) electrons. The van der Waals surface area contributed by atoms with Crippen molar-refractivity contribution in [1.29, 1.82) is 0 Å². The Hall–Kier alpha value is -2.01. The third-order valence-electron chi connectivity index (χ3n) is 1.79. The highest BCUT2D eigenvalue weighted by atomic mass is 16.5. The third-order valence-corrected chi connectivity index (χ3v) is 1.79. The van der Waals surface area contributed by atoms with Crippen LogP contribution in [0.2, 0.25) is 0 Å². The van der Waals surface area contributed by atoms with Crippen LogP contribution in [0.1, 0.15) is 5.56 Å². The molecular weight excluding hydrogens is 176 g/mol. The molecule has 2 nitrogen and oxygen atoms in total. The molecule has 0 fully saturated rings. The predicted octanol–water partition coefficient (Wildman–Crippen LogP) is 1.91. The van der Waals surface area contributed by atoms with Gasteiger partial charge in [0.1, 0.15) is 12.0 Å². The minimum Gasteiger partial charge on any atom is -0.497 e. The minimum absolute atomic E-state index is 0.572. The van der Waals surface area contributed by atoms with Gasteiger partial charge in [0.25, 0.3) is 0 Å². The number of ether oxygens (including phenoxy) is 1. The Morgan fingerprint density at radius 2 is 2.07 bits per heavy atom. The lowest BCUT2D eigenvalue weighted by atomic mass is 10.1. The fraction of sp³-hybridized carbons (Fsp3) is 0.0833. The lowest BCUT2D eigenvalue weighted by molar-refractivity contribution is -0.104. The van der Waals surface area contributed by atoms with Crippen LogP contribution >= 0.6 is 0 Å². The smallest absolute Gasteiger partial charge is 0.144 e. The molecule has 0 aromatic heterocycles. The summed E-state index contributed by atoms with van der Waals surface area (Å²) in [6.07, 6.45) is 7.30. The number of terminal acetylenes is 1. The molecule has 70 valence electrons. The number of hydrogen-bond acceptors (Lipinski definition) is 2. The highest BCUT2D eigenvalue weighted by molar-refractivity contribution is 5.88. The van der Waals surface area contributed by atoms with E-state index in [9.17, 15) is 4.79 Å². The summed E-state index contributed by atoms with van der Waals surface area (Å²) in [5.74, 6) is 3.21. The van der Waals surface area contributed by atoms with E-state index in [-0.39, 0.29) is 0 Å². The number of aldehydes is 1. The minimum atomic E-state index is 0.572. The molecule has 0 bridgehead atoms. The first-order valence-electron chi connectivity index (χ1n) is 4.08. The van der Waals surface area contributed by atoms with E-state index in [1.165, 1.54) is 6.08 Å². The van der Waals surface area contributed by atoms with Gasteiger partial charge in [0.2, 0.25) is 0 Å². The van der Waals surface area contributed by atoms with Gasteiger partial charge in [0, 0.05) is 5.57 Å². The van der Waals surface area contributed by atoms with Crippen LogP contribution in [-0.2, 0) is 4.79 Å². The van der Waals surface area contributed by atoms with Crippen LogP contribution in [0.5, 0.6) is 5.75 Å². The van der Waals surface area contributed by atoms with Crippen molar-refractivity contribution in [3.63, 3.8) is 0 Å². The van der Waals surface area contributed by atoms with Crippen LogP contribution < -0.4 is 4.74 Å². The summed E-state index contributed by atoms with van der Waals surface area (Å²) in [4.78, 5) is 10.3. The van der Waals surface area contributed by atoms with Gasteiger partial charge in [-0.05, 0) is 23.8 Å². The fourth-order valence-electron chi connectivity index (χ4n) is 1.07. The highest BCUT2D eigenvalue weighted by Crippen LogP contribution is 2.17. The van der Waals surface area contributed by atoms with Gasteiger partial charge in [-0.1, -0.05) is 18.1 Å². The van der Waals surface area contributed by atoms with Gasteiger partial charge < -0.3 is 4.74 Å². The van der Waals surface area contributed by atoms with Gasteiger partial charge in [-0.3, -0.25) is 4.79 Å². The van der Waals surface area contributed by atoms with Crippen LogP contribution in [0, 0.1) is 12.3 Å². The van der Waals surface area contributed by atoms with Gasteiger partial charge in [-0.15, -0.1) is 6.42 Å². The Balaban J connectivity index is 3.02. The van der Waals surface area contributed by atoms with Crippen molar-refractivity contribution in [1.82, 2.24) is 0 Å². The quantitative estimate of drug-likeness (QED) is 0.409. The second-order valence-corrected chi connectivity index (χ2v) is 2.59. The van der Waals surface area contributed by atoms with Gasteiger partial charge in [-0.2, -0.15) is 0 Å². The molecule has 14 heavy (non-hydrogen) atoms. The molecule has 0 saturated heterocycles. The number of benzene rings is 1. The van der Waals surface area contributed by atoms with Crippen LogP contribution in [0.3, 0.4) is 0 Å². The first-order valence-corrected chi connectivity index (χ1v) is 4.08. The average Bonchev–Trinajstić information content (AvgIpc) is 2.26. The van der Waals surface area contributed by atoms with Crippen molar-refractivity contribution in [2.75, 3.05) is 7.11 Å². The molecule has 0 atom stereocenters. The largest absolute Gasteiger partial charge is 0.497 e. The monoisotopic (exact) mass is 186 g/mol. The van der Waals surface area contributed by atoms with E-state index in [2.05, 4.69) is 5.92 Å². The van der Waals surface area contributed by atoms with E-state index in [0.29, 0.717) is 11.9 Å². The molecule has 0 spiro atoms. The maximum atomic E-state index is 10.3. The standard InChI is InChI=1S/C12H10O2/c1-3-10(8-9-13)11-4-6-12(14-2)7-5-11/h1,4-9H,2H3/b10-8+. The molecule has 0 heterocycles. The van der Waals surface area contributed by atoms with Crippen LogP contribution in [-0.4, -0.2) is 13.4 Å². The van der Waals surface area contributed by atoms with Crippen molar-refractivity contribution >= 4 is 11.9 Å². The zero-order chi connectivity index (χ0) is 10.4. The molecule has 1 aromatic carbocycles. The highest BCUT2D eigenvalue weighted by Gasteiger charge is 1.97. The van der Waals surface area contributed by atoms with Gasteiger partial charge in [-0.25, -0.2) is 0 Å². The lowest BCUT2D eigenvalue weighted by Gasteiger charge is -2.01. The molecule has 0 aliphatic carbocycles. The Kier molecular flexibility index (Phi) is 3.51. The van der Waals surface area contributed by atoms with Crippen LogP contribution in [0.25, 0.3) is 5.57 Å². The van der Waals surface area contributed by atoms with Gasteiger partial charge in [0.15, 0.2) is 0 Å². The summed E-state index contributed by atoms with van der Waals surface area (Å²) >= 11 is 0. The number of rotatable bonds is 3. The SMILES string of the molecule is C#C/C(=C\C=O)c1ccc(OC)cc1. The molecule has 2 heteroatoms. The number of carbonyl (C=O) groups is 1. The molecule has 1 aromatic rings. The molecule has 0 aliphatic rings. The summed E-state index contributed by atoms with van der Waals surface area (Å²) < 4.78 is 5.00. The topological polar surface area (TPSA) is 26.3 Å². The van der Waals surface area contributed by atoms with E-state index < -0.39 is 0 Å². The predicted molar refractivity (Wildman–Crippen MR) is 55.9 cm³/mol. The lowest BCUT2D eigenvalue weighted by Crippen LogP contribution is -1.85. The molecule has 0 saturated carbocycles. The number of allylic oxidation sites excluding steroid dienone is 2. The maximum absolute atomic E-state index is 10.3. The Bertz CT molecular complexity index is 380. The Morgan fingerprint density at radius 3 is 2.50 bits per heavy atom. The van der Waals surface area contributed by atoms with E-state index >= 15 is 0 Å². The second kappa shape index (κ2) is 4.88. The molecule has 0 aliphatic heterocycles. The van der Waals surface area contributed by atoms with E-state index in [4.69, 9.17) is 11.2 Å². The van der Waals surface area contributed by atoms with Crippen molar-refractivity contribution in [3.8, 4) is 18.1 Å². The molecule has 0 N–H and O–H groups in total. The fourth-order valence-corrected chi connectivity index (χ4v) is 1.07. The van der Waals surface area contributed by atoms with E-state index in [0.717, 1.165) is 11.3 Å². The number of hydrogen-bond donors (Lipinski definition) is 0. The van der Waals surface area contributed by atoms with E-state index in [1.807, 2.05) is 12.1 Å². The average molecular weight is 186 g/mol. The molecule has 1 rings (SSSR count). The number of methoxy groups -OCH3 is 1. The second-order valence-electron chi connectivity index (χ2n) is 2.59. The summed E-state index contributed by atoms with van der Waals surface area (Å²) in [5.41, 5.74) is 1.41. The van der Waals surface area contributed by atoms with Crippen molar-refractivity contribution in [2.24, 2.45) is 0 Å². The summed E-state index contributed by atoms with van der Waals surface area (Å²) in [6.45, 7) is 0. The van der Waals surface area contributed by atoms with Crippen LogP contribution in [0.4, 0.5) is 0 Å². The first kappa shape index (κ1) is 10.1. The van der Waals surface area contributed by atoms with Crippen LogP contribution in [0.15, 0.2) is 30.3 Å². The Morgan fingerprint density at radius 1 is 1.43 bits per heavy atom. The maximum Gasteiger partial charge on any atom is 0.144 e. The number of carbonyl (C=O) groups excluding carboxylic acids is 1. The molecule has 0 amide bonds.